The Kier molecular flexibility index (Phi) is 5.64. The lowest BCUT2D eigenvalue weighted by molar-refractivity contribution is -0.116. The summed E-state index contributed by atoms with van der Waals surface area (Å²) in [5.41, 5.74) is 0. The molecule has 0 saturated carbocycles. The largest absolute Gasteiger partial charge is 0.343 e. The van der Waals surface area contributed by atoms with Gasteiger partial charge in [-0.25, -0.2) is 8.78 Å². The lowest BCUT2D eigenvalue weighted by atomic mass is 10.2. The maximum absolute atomic E-state index is 11.7. The van der Waals surface area contributed by atoms with E-state index in [9.17, 15) is 13.6 Å². The average Bonchev–Trinajstić information content (AvgIpc) is 1.84. The monoisotopic (exact) mass is 239 g/mol. The van der Waals surface area contributed by atoms with Crippen molar-refractivity contribution < 1.29 is 13.6 Å². The molecular formula is C7H8BrF2NO. The fourth-order valence-corrected chi connectivity index (χ4v) is 0.809. The summed E-state index contributed by atoms with van der Waals surface area (Å²) in [6, 6.07) is -0.550. The van der Waals surface area contributed by atoms with Crippen LogP contribution in [0.15, 0.2) is 0 Å². The van der Waals surface area contributed by atoms with E-state index in [0.29, 0.717) is 0 Å². The van der Waals surface area contributed by atoms with Crippen LogP contribution in [-0.4, -0.2) is 18.4 Å². The van der Waals surface area contributed by atoms with E-state index in [-0.39, 0.29) is 6.42 Å². The van der Waals surface area contributed by atoms with Crippen molar-refractivity contribution in [2.45, 2.75) is 25.8 Å². The highest BCUT2D eigenvalue weighted by atomic mass is 79.9. The molecule has 68 valence electrons. The van der Waals surface area contributed by atoms with E-state index >= 15 is 0 Å². The molecule has 0 fully saturated rings. The van der Waals surface area contributed by atoms with E-state index in [0.717, 1.165) is 0 Å². The number of nitrogens with one attached hydrogen (secondary N) is 1. The minimum Gasteiger partial charge on any atom is -0.343 e. The maximum atomic E-state index is 11.7. The van der Waals surface area contributed by atoms with Gasteiger partial charge in [0.2, 0.25) is 6.43 Å². The van der Waals surface area contributed by atoms with Gasteiger partial charge in [0.05, 0.1) is 0 Å². The summed E-state index contributed by atoms with van der Waals surface area (Å²) in [5.74, 6) is 1.57. The van der Waals surface area contributed by atoms with Gasteiger partial charge in [-0.3, -0.25) is 4.79 Å². The predicted octanol–water partition coefficient (Wildman–Crippen LogP) is 1.50. The number of carbonyl (C=O) groups is 1. The van der Waals surface area contributed by atoms with Crippen molar-refractivity contribution in [1.82, 2.24) is 5.32 Å². The summed E-state index contributed by atoms with van der Waals surface area (Å²) in [4.78, 5) is 12.9. The average molecular weight is 240 g/mol. The van der Waals surface area contributed by atoms with Crippen molar-refractivity contribution in [2.75, 3.05) is 0 Å². The molecule has 0 aromatic carbocycles. The molecule has 1 N–H and O–H groups in total. The predicted molar refractivity (Wildman–Crippen MR) is 44.9 cm³/mol. The minimum absolute atomic E-state index is 0.351. The third-order valence-electron chi connectivity index (χ3n) is 1.07. The van der Waals surface area contributed by atoms with Gasteiger partial charge in [0.25, 0.3) is 5.91 Å². The second-order valence-corrected chi connectivity index (χ2v) is 2.62. The van der Waals surface area contributed by atoms with Crippen LogP contribution in [0.3, 0.4) is 0 Å². The molecule has 0 radical (unpaired) electrons. The van der Waals surface area contributed by atoms with E-state index in [2.05, 4.69) is 32.0 Å². The second kappa shape index (κ2) is 5.95. The van der Waals surface area contributed by atoms with E-state index in [1.165, 1.54) is 6.92 Å². The molecule has 0 aliphatic heterocycles. The lowest BCUT2D eigenvalue weighted by Crippen LogP contribution is -2.32. The summed E-state index contributed by atoms with van der Waals surface area (Å²) in [5, 5.41) is 2.29. The van der Waals surface area contributed by atoms with Crippen LogP contribution < -0.4 is 5.32 Å². The van der Waals surface area contributed by atoms with Gasteiger partial charge in [0, 0.05) is 34.3 Å². The smallest absolute Gasteiger partial charge is 0.296 e. The van der Waals surface area contributed by atoms with Crippen LogP contribution in [0.2, 0.25) is 0 Å². The molecule has 5 heteroatoms. The van der Waals surface area contributed by atoms with E-state index in [1.54, 1.807) is 0 Å². The fraction of sp³-hybridized carbons (Fsp3) is 0.571. The number of halogens is 3. The number of rotatable bonds is 3. The first kappa shape index (κ1) is 11.4. The van der Waals surface area contributed by atoms with E-state index in [4.69, 9.17) is 0 Å². The van der Waals surface area contributed by atoms with Gasteiger partial charge >= 0.3 is 0 Å². The molecule has 0 aromatic heterocycles. The summed E-state index contributed by atoms with van der Waals surface area (Å²) in [6.45, 7) is 1.50. The molecule has 0 bridgehead atoms. The number of amides is 1. The molecule has 0 aliphatic rings. The van der Waals surface area contributed by atoms with Gasteiger partial charge in [-0.2, -0.15) is 0 Å². The Morgan fingerprint density at radius 3 is 2.67 bits per heavy atom. The zero-order valence-electron chi connectivity index (χ0n) is 6.40. The summed E-state index contributed by atoms with van der Waals surface area (Å²) in [6.07, 6.45) is -2.76. The van der Waals surface area contributed by atoms with Gasteiger partial charge in [0.1, 0.15) is 0 Å². The first-order valence-electron chi connectivity index (χ1n) is 3.26. The van der Waals surface area contributed by atoms with Crippen LogP contribution in [0.5, 0.6) is 0 Å². The van der Waals surface area contributed by atoms with Crippen LogP contribution in [0, 0.1) is 10.8 Å². The van der Waals surface area contributed by atoms with Crippen LogP contribution in [-0.2, 0) is 4.79 Å². The molecule has 0 saturated heterocycles. The highest BCUT2D eigenvalue weighted by molar-refractivity contribution is 9.12. The van der Waals surface area contributed by atoms with Gasteiger partial charge in [-0.1, -0.05) is 0 Å². The van der Waals surface area contributed by atoms with E-state index < -0.39 is 18.4 Å². The Morgan fingerprint density at radius 1 is 1.67 bits per heavy atom. The van der Waals surface area contributed by atoms with Crippen LogP contribution in [0.4, 0.5) is 8.78 Å². The van der Waals surface area contributed by atoms with Crippen LogP contribution >= 0.6 is 15.9 Å². The lowest BCUT2D eigenvalue weighted by Gasteiger charge is -2.09. The Bertz CT molecular complexity index is 209. The second-order valence-electron chi connectivity index (χ2n) is 2.22. The first-order chi connectivity index (χ1) is 5.56. The molecule has 0 aromatic rings. The molecule has 1 amide bonds. The molecule has 1 atom stereocenters. The number of hydrogen-bond donors (Lipinski definition) is 1. The van der Waals surface area contributed by atoms with Gasteiger partial charge in [-0.15, -0.1) is 0 Å². The molecule has 0 heterocycles. The third-order valence-corrected chi connectivity index (χ3v) is 1.27. The van der Waals surface area contributed by atoms with Crippen molar-refractivity contribution in [3.63, 3.8) is 0 Å². The molecular weight excluding hydrogens is 232 g/mol. The van der Waals surface area contributed by atoms with E-state index in [1.807, 2.05) is 0 Å². The number of alkyl halides is 2. The molecule has 12 heavy (non-hydrogen) atoms. The third kappa shape index (κ3) is 6.10. The Morgan fingerprint density at radius 2 is 2.25 bits per heavy atom. The molecule has 0 rings (SSSR count). The zero-order valence-corrected chi connectivity index (χ0v) is 7.99. The van der Waals surface area contributed by atoms with Gasteiger partial charge < -0.3 is 5.32 Å². The van der Waals surface area contributed by atoms with Crippen LogP contribution in [0.25, 0.3) is 0 Å². The van der Waals surface area contributed by atoms with Crippen molar-refractivity contribution in [1.29, 1.82) is 0 Å². The normalized spacial score (nSPS) is 11.8. The topological polar surface area (TPSA) is 29.1 Å². The SMILES string of the molecule is CC(CC(F)F)NC(=O)C#CBr. The van der Waals surface area contributed by atoms with Crippen molar-refractivity contribution in [3.8, 4) is 10.8 Å². The highest BCUT2D eigenvalue weighted by Gasteiger charge is 2.11. The van der Waals surface area contributed by atoms with Crippen LogP contribution in [0.1, 0.15) is 13.3 Å². The van der Waals surface area contributed by atoms with Gasteiger partial charge in [0.15, 0.2) is 0 Å². The highest BCUT2D eigenvalue weighted by Crippen LogP contribution is 2.02. The summed E-state index contributed by atoms with van der Waals surface area (Å²) in [7, 11) is 0. The quantitative estimate of drug-likeness (QED) is 0.744. The Balaban J connectivity index is 3.74. The van der Waals surface area contributed by atoms with Gasteiger partial charge in [-0.05, 0) is 11.8 Å². The summed E-state index contributed by atoms with van der Waals surface area (Å²) >= 11 is 2.72. The first-order valence-corrected chi connectivity index (χ1v) is 4.06. The Labute approximate surface area is 77.8 Å². The Hall–Kier alpha value is -0.630. The minimum atomic E-state index is -2.41. The standard InChI is InChI=1S/C7H8BrF2NO/c1-5(4-6(9)10)11-7(12)2-3-8/h5-6H,4H2,1H3,(H,11,12). The summed E-state index contributed by atoms with van der Waals surface area (Å²) < 4.78 is 23.4. The molecule has 2 nitrogen and oxygen atoms in total. The number of carbonyl (C=O) groups excluding carboxylic acids is 1. The molecule has 1 unspecified atom stereocenters. The fourth-order valence-electron chi connectivity index (χ4n) is 0.629. The molecule has 0 aliphatic carbocycles. The number of hydrogen-bond acceptors (Lipinski definition) is 1. The zero-order chi connectivity index (χ0) is 9.56. The van der Waals surface area contributed by atoms with Crippen molar-refractivity contribution >= 4 is 21.8 Å². The van der Waals surface area contributed by atoms with Crippen molar-refractivity contribution in [2.24, 2.45) is 0 Å². The molecule has 0 spiro atoms. The maximum Gasteiger partial charge on any atom is 0.296 e. The van der Waals surface area contributed by atoms with Crippen molar-refractivity contribution in [3.05, 3.63) is 0 Å².